The predicted octanol–water partition coefficient (Wildman–Crippen LogP) is 6.41. The number of hydrogen-bond acceptors (Lipinski definition) is 4. The van der Waals surface area contributed by atoms with Crippen molar-refractivity contribution in [3.8, 4) is 16.9 Å². The third kappa shape index (κ3) is 4.82. The average Bonchev–Trinajstić information content (AvgIpc) is 3.38. The average molecular weight is 469 g/mol. The molecule has 4 nitrogen and oxygen atoms in total. The Kier molecular flexibility index (Phi) is 6.35. The molecular weight excluding hydrogens is 448 g/mol. The second-order valence-corrected chi connectivity index (χ2v) is 8.06. The molecule has 0 radical (unpaired) electrons. The van der Waals surface area contributed by atoms with Crippen LogP contribution in [0.1, 0.15) is 27.5 Å². The Morgan fingerprint density at radius 1 is 0.886 bits per heavy atom. The molecule has 1 unspecified atom stereocenters. The lowest BCUT2D eigenvalue weighted by Crippen LogP contribution is -2.12. The minimum atomic E-state index is -0.729. The Bertz CT molecular complexity index is 1370. The number of carbonyl (C=O) groups excluding carboxylic acids is 1. The van der Waals surface area contributed by atoms with Crippen molar-refractivity contribution in [1.82, 2.24) is 0 Å². The van der Waals surface area contributed by atoms with Crippen LogP contribution in [-0.4, -0.2) is 24.9 Å². The minimum Gasteiger partial charge on any atom is -0.485 e. The van der Waals surface area contributed by atoms with Crippen LogP contribution in [0.15, 0.2) is 102 Å². The number of benzene rings is 4. The van der Waals surface area contributed by atoms with E-state index in [-0.39, 0.29) is 30.5 Å². The molecule has 1 heterocycles. The normalized spacial score (nSPS) is 14.8. The van der Waals surface area contributed by atoms with Crippen molar-refractivity contribution in [2.75, 3.05) is 13.2 Å². The van der Waals surface area contributed by atoms with E-state index in [1.165, 1.54) is 18.2 Å². The maximum absolute atomic E-state index is 14.2. The van der Waals surface area contributed by atoms with E-state index in [4.69, 9.17) is 9.47 Å². The molecule has 0 bridgehead atoms. The number of Topliss-reactive ketones (excluding diaryl/α,β-unsaturated/α-hetero) is 1. The standard InChI is InChI=1S/C29H21F2NO3/c30-23-12-7-13-24(31)28(23)29-32-25(17-35-29)21-14-15-22(19-8-3-1-4-9-19)27(16-21)34-18-26(33)20-10-5-2-6-11-20/h1-16,25H,17-18H2. The van der Waals surface area contributed by atoms with Crippen LogP contribution in [0.4, 0.5) is 8.78 Å². The number of ether oxygens (including phenoxy) is 2. The summed E-state index contributed by atoms with van der Waals surface area (Å²) in [5.41, 5.74) is 2.79. The summed E-state index contributed by atoms with van der Waals surface area (Å²) in [5.74, 6) is -1.16. The van der Waals surface area contributed by atoms with Gasteiger partial charge in [0.1, 0.15) is 35.6 Å². The van der Waals surface area contributed by atoms with Gasteiger partial charge in [-0.2, -0.15) is 0 Å². The Balaban J connectivity index is 1.45. The molecule has 0 amide bonds. The first-order chi connectivity index (χ1) is 17.1. The zero-order valence-electron chi connectivity index (χ0n) is 18.7. The second kappa shape index (κ2) is 9.89. The molecule has 0 spiro atoms. The first-order valence-corrected chi connectivity index (χ1v) is 11.2. The number of nitrogens with zero attached hydrogens (tertiary/aromatic N) is 1. The third-order valence-electron chi connectivity index (χ3n) is 5.76. The summed E-state index contributed by atoms with van der Waals surface area (Å²) in [4.78, 5) is 17.1. The van der Waals surface area contributed by atoms with Crippen LogP contribution in [0.3, 0.4) is 0 Å². The molecule has 0 saturated carbocycles. The minimum absolute atomic E-state index is 0.0699. The lowest BCUT2D eigenvalue weighted by atomic mass is 10.00. The first-order valence-electron chi connectivity index (χ1n) is 11.2. The highest BCUT2D eigenvalue weighted by Gasteiger charge is 2.27. The summed E-state index contributed by atoms with van der Waals surface area (Å²) in [7, 11) is 0. The maximum atomic E-state index is 14.2. The van der Waals surface area contributed by atoms with Gasteiger partial charge >= 0.3 is 0 Å². The summed E-state index contributed by atoms with van der Waals surface area (Å²) >= 11 is 0. The van der Waals surface area contributed by atoms with E-state index < -0.39 is 17.7 Å². The molecule has 0 N–H and O–H groups in total. The van der Waals surface area contributed by atoms with Crippen molar-refractivity contribution in [1.29, 1.82) is 0 Å². The number of ketones is 1. The van der Waals surface area contributed by atoms with Gasteiger partial charge in [-0.25, -0.2) is 13.8 Å². The van der Waals surface area contributed by atoms with Gasteiger partial charge in [0.25, 0.3) is 0 Å². The van der Waals surface area contributed by atoms with Crippen LogP contribution in [0.2, 0.25) is 0 Å². The van der Waals surface area contributed by atoms with Crippen LogP contribution in [0.25, 0.3) is 11.1 Å². The number of rotatable bonds is 7. The van der Waals surface area contributed by atoms with E-state index in [1.807, 2.05) is 48.5 Å². The second-order valence-electron chi connectivity index (χ2n) is 8.06. The smallest absolute Gasteiger partial charge is 0.222 e. The molecule has 0 aliphatic carbocycles. The van der Waals surface area contributed by atoms with E-state index in [9.17, 15) is 13.6 Å². The van der Waals surface area contributed by atoms with Crippen LogP contribution in [0.5, 0.6) is 5.75 Å². The van der Waals surface area contributed by atoms with Crippen molar-refractivity contribution < 1.29 is 23.0 Å². The van der Waals surface area contributed by atoms with Crippen molar-refractivity contribution in [3.63, 3.8) is 0 Å². The summed E-state index contributed by atoms with van der Waals surface area (Å²) in [6.07, 6.45) is 0. The topological polar surface area (TPSA) is 47.9 Å². The molecule has 1 atom stereocenters. The van der Waals surface area contributed by atoms with Crippen LogP contribution >= 0.6 is 0 Å². The predicted molar refractivity (Wildman–Crippen MR) is 130 cm³/mol. The molecule has 1 aliphatic rings. The van der Waals surface area contributed by atoms with E-state index in [0.29, 0.717) is 11.3 Å². The fourth-order valence-electron chi connectivity index (χ4n) is 3.96. The lowest BCUT2D eigenvalue weighted by molar-refractivity contribution is 0.0922. The van der Waals surface area contributed by atoms with Gasteiger partial charge in [-0.1, -0.05) is 78.9 Å². The SMILES string of the molecule is O=C(COc1cc(C2COC(c3c(F)cccc3F)=N2)ccc1-c1ccccc1)c1ccccc1. The molecule has 0 fully saturated rings. The fraction of sp³-hybridized carbons (Fsp3) is 0.103. The highest BCUT2D eigenvalue weighted by atomic mass is 19.1. The Morgan fingerprint density at radius 2 is 1.57 bits per heavy atom. The summed E-state index contributed by atoms with van der Waals surface area (Å²) < 4.78 is 40.0. The van der Waals surface area contributed by atoms with Crippen LogP contribution in [0, 0.1) is 11.6 Å². The van der Waals surface area contributed by atoms with Crippen LogP contribution < -0.4 is 4.74 Å². The van der Waals surface area contributed by atoms with Crippen molar-refractivity contribution in [2.45, 2.75) is 6.04 Å². The van der Waals surface area contributed by atoms with Crippen LogP contribution in [-0.2, 0) is 4.74 Å². The third-order valence-corrected chi connectivity index (χ3v) is 5.76. The van der Waals surface area contributed by atoms with Gasteiger partial charge in [0.2, 0.25) is 5.90 Å². The monoisotopic (exact) mass is 469 g/mol. The van der Waals surface area contributed by atoms with Gasteiger partial charge in [-0.15, -0.1) is 0 Å². The number of aliphatic imine (C=N–C) groups is 1. The zero-order valence-corrected chi connectivity index (χ0v) is 18.7. The molecule has 1 aliphatic heterocycles. The molecule has 4 aromatic carbocycles. The number of carbonyl (C=O) groups is 1. The van der Waals surface area contributed by atoms with Gasteiger partial charge in [0, 0.05) is 11.1 Å². The number of hydrogen-bond donors (Lipinski definition) is 0. The quantitative estimate of drug-likeness (QED) is 0.294. The highest BCUT2D eigenvalue weighted by molar-refractivity contribution is 5.97. The zero-order chi connectivity index (χ0) is 24.2. The van der Waals surface area contributed by atoms with Crippen molar-refractivity contribution in [2.24, 2.45) is 4.99 Å². The van der Waals surface area contributed by atoms with E-state index in [1.54, 1.807) is 30.3 Å². The summed E-state index contributed by atoms with van der Waals surface area (Å²) in [6.45, 7) is -0.000397. The van der Waals surface area contributed by atoms with E-state index >= 15 is 0 Å². The Labute approximate surface area is 201 Å². The molecule has 0 aromatic heterocycles. The Hall–Kier alpha value is -4.32. The molecule has 6 heteroatoms. The van der Waals surface area contributed by atoms with Gasteiger partial charge in [-0.3, -0.25) is 4.79 Å². The largest absolute Gasteiger partial charge is 0.485 e. The highest BCUT2D eigenvalue weighted by Crippen LogP contribution is 2.35. The molecular formula is C29H21F2NO3. The van der Waals surface area contributed by atoms with Crippen molar-refractivity contribution >= 4 is 11.7 Å². The molecule has 35 heavy (non-hydrogen) atoms. The molecule has 174 valence electrons. The fourth-order valence-corrected chi connectivity index (χ4v) is 3.96. The molecule has 5 rings (SSSR count). The van der Waals surface area contributed by atoms with Gasteiger partial charge < -0.3 is 9.47 Å². The van der Waals surface area contributed by atoms with Gasteiger partial charge in [-0.05, 0) is 29.3 Å². The van der Waals surface area contributed by atoms with E-state index in [0.717, 1.165) is 16.7 Å². The molecule has 4 aromatic rings. The number of halogens is 2. The first kappa shape index (κ1) is 22.5. The van der Waals surface area contributed by atoms with Crippen molar-refractivity contribution in [3.05, 3.63) is 125 Å². The molecule has 0 saturated heterocycles. The maximum Gasteiger partial charge on any atom is 0.222 e. The summed E-state index contributed by atoms with van der Waals surface area (Å²) in [6, 6.07) is 27.4. The Morgan fingerprint density at radius 3 is 2.29 bits per heavy atom. The van der Waals surface area contributed by atoms with E-state index in [2.05, 4.69) is 4.99 Å². The lowest BCUT2D eigenvalue weighted by Gasteiger charge is -2.15. The summed E-state index contributed by atoms with van der Waals surface area (Å²) in [5, 5.41) is 0. The van der Waals surface area contributed by atoms with Gasteiger partial charge in [0.15, 0.2) is 12.4 Å². The van der Waals surface area contributed by atoms with Gasteiger partial charge in [0.05, 0.1) is 0 Å².